The van der Waals surface area contributed by atoms with Crippen LogP contribution in [-0.4, -0.2) is 12.7 Å². The van der Waals surface area contributed by atoms with E-state index in [0.717, 1.165) is 26.3 Å². The third-order valence-electron chi connectivity index (χ3n) is 2.78. The average molecular weight is 189 g/mol. The predicted molar refractivity (Wildman–Crippen MR) is 56.3 cm³/mol. The van der Waals surface area contributed by atoms with Gasteiger partial charge in [-0.2, -0.15) is 0 Å². The largest absolute Gasteiger partial charge is 0.569 e. The van der Waals surface area contributed by atoms with E-state index in [1.54, 1.807) is 0 Å². The van der Waals surface area contributed by atoms with Gasteiger partial charge in [0.15, 0.2) is 0 Å². The van der Waals surface area contributed by atoms with Gasteiger partial charge >= 0.3 is 7.69 Å². The Bertz CT molecular complexity index is 312. The highest BCUT2D eigenvalue weighted by molar-refractivity contribution is 6.17. The molecule has 0 atom stereocenters. The normalized spacial score (nSPS) is 15.5. The van der Waals surface area contributed by atoms with Crippen LogP contribution in [0.25, 0.3) is 0 Å². The van der Waals surface area contributed by atoms with Crippen molar-refractivity contribution in [1.82, 2.24) is 0 Å². The Balaban J connectivity index is 2.32. The molecule has 0 spiro atoms. The number of hydrogen-bond donors (Lipinski definition) is 1. The van der Waals surface area contributed by atoms with Crippen LogP contribution in [0.5, 0.6) is 5.75 Å². The highest BCUT2D eigenvalue weighted by Gasteiger charge is 2.12. The van der Waals surface area contributed by atoms with Crippen LogP contribution in [0.3, 0.4) is 0 Å². The van der Waals surface area contributed by atoms with Crippen molar-refractivity contribution in [1.29, 1.82) is 0 Å². The number of benzene rings is 1. The van der Waals surface area contributed by atoms with Crippen molar-refractivity contribution < 1.29 is 9.68 Å². The maximum atomic E-state index is 8.64. The molecule has 0 bridgehead atoms. The van der Waals surface area contributed by atoms with Gasteiger partial charge in [-0.3, -0.25) is 0 Å². The molecule has 14 heavy (non-hydrogen) atoms. The standard InChI is InChI=1S/C11H14BO2/c13-12-14-11-8-4-6-9-5-2-1-3-7-10(9)11/h4,6,8,13H,1-3,5,7H2. The molecule has 1 N–H and O–H groups in total. The van der Waals surface area contributed by atoms with Gasteiger partial charge in [0.2, 0.25) is 0 Å². The molecule has 1 aliphatic rings. The van der Waals surface area contributed by atoms with E-state index in [4.69, 9.17) is 9.68 Å². The molecule has 2 nitrogen and oxygen atoms in total. The summed E-state index contributed by atoms with van der Waals surface area (Å²) in [6.07, 6.45) is 5.98. The lowest BCUT2D eigenvalue weighted by Crippen LogP contribution is -2.04. The summed E-state index contributed by atoms with van der Waals surface area (Å²) in [5, 5.41) is 8.64. The van der Waals surface area contributed by atoms with Crippen LogP contribution >= 0.6 is 0 Å². The molecule has 2 rings (SSSR count). The summed E-state index contributed by atoms with van der Waals surface area (Å²) >= 11 is 0. The maximum absolute atomic E-state index is 8.64. The monoisotopic (exact) mass is 189 g/mol. The summed E-state index contributed by atoms with van der Waals surface area (Å²) in [6, 6.07) is 6.06. The summed E-state index contributed by atoms with van der Waals surface area (Å²) in [5.74, 6) is 0.812. The van der Waals surface area contributed by atoms with Crippen LogP contribution in [0, 0.1) is 0 Å². The second-order valence-corrected chi connectivity index (χ2v) is 3.68. The van der Waals surface area contributed by atoms with Crippen molar-refractivity contribution in [3.8, 4) is 5.75 Å². The predicted octanol–water partition coefficient (Wildman–Crippen LogP) is 1.86. The van der Waals surface area contributed by atoms with E-state index in [-0.39, 0.29) is 0 Å². The minimum Gasteiger partial charge on any atom is -0.537 e. The van der Waals surface area contributed by atoms with Crippen molar-refractivity contribution in [2.45, 2.75) is 32.1 Å². The molecule has 1 aromatic rings. The van der Waals surface area contributed by atoms with Crippen molar-refractivity contribution in [2.75, 3.05) is 0 Å². The van der Waals surface area contributed by atoms with Gasteiger partial charge in [0.05, 0.1) is 0 Å². The van der Waals surface area contributed by atoms with Gasteiger partial charge in [-0.05, 0) is 42.9 Å². The SMILES string of the molecule is O[B]Oc1cccc2c1CCCCC2. The molecule has 1 aliphatic carbocycles. The molecule has 1 radical (unpaired) electrons. The summed E-state index contributed by atoms with van der Waals surface area (Å²) in [5.41, 5.74) is 2.65. The Labute approximate surface area is 85.2 Å². The third kappa shape index (κ3) is 1.93. The average Bonchev–Trinajstić information content (AvgIpc) is 2.44. The molecule has 73 valence electrons. The lowest BCUT2D eigenvalue weighted by Gasteiger charge is -2.11. The smallest absolute Gasteiger partial charge is 0.537 e. The van der Waals surface area contributed by atoms with E-state index < -0.39 is 0 Å². The quantitative estimate of drug-likeness (QED) is 0.568. The molecule has 0 aromatic heterocycles. The van der Waals surface area contributed by atoms with Crippen LogP contribution in [0.2, 0.25) is 0 Å². The maximum Gasteiger partial charge on any atom is 0.569 e. The minimum atomic E-state index is 0.764. The van der Waals surface area contributed by atoms with Crippen LogP contribution in [0.15, 0.2) is 18.2 Å². The highest BCUT2D eigenvalue weighted by atomic mass is 16.5. The highest BCUT2D eigenvalue weighted by Crippen LogP contribution is 2.28. The van der Waals surface area contributed by atoms with Gasteiger partial charge in [-0.25, -0.2) is 0 Å². The third-order valence-corrected chi connectivity index (χ3v) is 2.78. The van der Waals surface area contributed by atoms with Gasteiger partial charge in [0, 0.05) is 0 Å². The molecule has 0 fully saturated rings. The molecule has 0 saturated heterocycles. The lowest BCUT2D eigenvalue weighted by molar-refractivity contribution is 0.450. The van der Waals surface area contributed by atoms with Crippen LogP contribution in [0.1, 0.15) is 30.4 Å². The van der Waals surface area contributed by atoms with E-state index in [0.29, 0.717) is 0 Å². The molecule has 0 aliphatic heterocycles. The van der Waals surface area contributed by atoms with Crippen molar-refractivity contribution in [2.24, 2.45) is 0 Å². The Hall–Kier alpha value is -0.955. The lowest BCUT2D eigenvalue weighted by atomic mass is 10.0. The second-order valence-electron chi connectivity index (χ2n) is 3.68. The van der Waals surface area contributed by atoms with Crippen molar-refractivity contribution in [3.63, 3.8) is 0 Å². The van der Waals surface area contributed by atoms with Gasteiger partial charge in [0.1, 0.15) is 5.75 Å². The molecule has 0 saturated carbocycles. The molecule has 0 heterocycles. The van der Waals surface area contributed by atoms with E-state index >= 15 is 0 Å². The molecule has 0 amide bonds. The van der Waals surface area contributed by atoms with E-state index in [2.05, 4.69) is 6.07 Å². The number of aryl methyl sites for hydroxylation is 1. The van der Waals surface area contributed by atoms with Gasteiger partial charge in [0.25, 0.3) is 0 Å². The topological polar surface area (TPSA) is 29.5 Å². The number of rotatable bonds is 2. The summed E-state index contributed by atoms with van der Waals surface area (Å²) < 4.78 is 5.09. The van der Waals surface area contributed by atoms with E-state index in [1.807, 2.05) is 12.1 Å². The zero-order chi connectivity index (χ0) is 9.80. The fourth-order valence-electron chi connectivity index (χ4n) is 2.09. The van der Waals surface area contributed by atoms with E-state index in [9.17, 15) is 0 Å². The first-order valence-electron chi connectivity index (χ1n) is 5.15. The molecule has 3 heteroatoms. The summed E-state index contributed by atoms with van der Waals surface area (Å²) in [7, 11) is 0.764. The fourth-order valence-corrected chi connectivity index (χ4v) is 2.09. The number of fused-ring (bicyclic) bond motifs is 1. The van der Waals surface area contributed by atoms with E-state index in [1.165, 1.54) is 30.4 Å². The minimum absolute atomic E-state index is 0.764. The van der Waals surface area contributed by atoms with Crippen LogP contribution in [0.4, 0.5) is 0 Å². The summed E-state index contributed by atoms with van der Waals surface area (Å²) in [6.45, 7) is 0. The van der Waals surface area contributed by atoms with Gasteiger partial charge < -0.3 is 9.68 Å². The first-order chi connectivity index (χ1) is 6.92. The zero-order valence-electron chi connectivity index (χ0n) is 8.20. The second kappa shape index (κ2) is 4.51. The Morgan fingerprint density at radius 3 is 2.86 bits per heavy atom. The molecular formula is C11H14BO2. The molecule has 0 unspecified atom stereocenters. The fraction of sp³-hybridized carbons (Fsp3) is 0.455. The Morgan fingerprint density at radius 2 is 2.00 bits per heavy atom. The van der Waals surface area contributed by atoms with Crippen molar-refractivity contribution >= 4 is 7.69 Å². The van der Waals surface area contributed by atoms with Gasteiger partial charge in [-0.15, -0.1) is 0 Å². The summed E-state index contributed by atoms with van der Waals surface area (Å²) in [4.78, 5) is 0. The zero-order valence-corrected chi connectivity index (χ0v) is 8.20. The first-order valence-corrected chi connectivity index (χ1v) is 5.15. The Morgan fingerprint density at radius 1 is 1.14 bits per heavy atom. The van der Waals surface area contributed by atoms with Crippen LogP contribution in [-0.2, 0) is 12.8 Å². The molecule has 1 aromatic carbocycles. The van der Waals surface area contributed by atoms with Crippen molar-refractivity contribution in [3.05, 3.63) is 29.3 Å². The first kappa shape index (κ1) is 9.59. The Kier molecular flexibility index (Phi) is 3.09. The van der Waals surface area contributed by atoms with Crippen LogP contribution < -0.4 is 4.65 Å². The van der Waals surface area contributed by atoms with Gasteiger partial charge in [-0.1, -0.05) is 18.6 Å². The number of hydrogen-bond acceptors (Lipinski definition) is 2. The molecular weight excluding hydrogens is 175 g/mol.